The number of fused-ring (bicyclic) bond motifs is 1. The Bertz CT molecular complexity index is 1170. The smallest absolute Gasteiger partial charge is 0.392 e. The van der Waals surface area contributed by atoms with Crippen molar-refractivity contribution in [1.82, 2.24) is 9.97 Å². The fourth-order valence-corrected chi connectivity index (χ4v) is 5.08. The van der Waals surface area contributed by atoms with Gasteiger partial charge < -0.3 is 15.7 Å². The Kier molecular flexibility index (Phi) is 6.65. The maximum Gasteiger partial charge on any atom is 0.416 e. The van der Waals surface area contributed by atoms with Crippen LogP contribution in [0.2, 0.25) is 0 Å². The van der Waals surface area contributed by atoms with Gasteiger partial charge in [-0.15, -0.1) is 0 Å². The summed E-state index contributed by atoms with van der Waals surface area (Å²) in [6, 6.07) is 12.7. The molecule has 184 valence electrons. The molecule has 3 N–H and O–H groups in total. The highest BCUT2D eigenvalue weighted by Gasteiger charge is 2.30. The van der Waals surface area contributed by atoms with E-state index in [-0.39, 0.29) is 0 Å². The van der Waals surface area contributed by atoms with Gasteiger partial charge in [-0.05, 0) is 54.5 Å². The van der Waals surface area contributed by atoms with Gasteiger partial charge in [-0.3, -0.25) is 0 Å². The van der Waals surface area contributed by atoms with Crippen LogP contribution in [0, 0.1) is 5.92 Å². The monoisotopic (exact) mass is 482 g/mol. The van der Waals surface area contributed by atoms with Gasteiger partial charge in [0.1, 0.15) is 5.82 Å². The van der Waals surface area contributed by atoms with Crippen molar-refractivity contribution in [3.05, 3.63) is 65.2 Å². The van der Waals surface area contributed by atoms with Gasteiger partial charge in [0.2, 0.25) is 5.95 Å². The minimum Gasteiger partial charge on any atom is -0.392 e. The average Bonchev–Trinajstić information content (AvgIpc) is 3.24. The normalized spacial score (nSPS) is 18.3. The number of aliphatic hydroxyl groups excluding tert-OH is 1. The van der Waals surface area contributed by atoms with E-state index in [4.69, 9.17) is 0 Å². The highest BCUT2D eigenvalue weighted by molar-refractivity contribution is 5.70. The fraction of sp³-hybridized carbons (Fsp3) is 0.407. The van der Waals surface area contributed by atoms with Crippen LogP contribution in [-0.2, 0) is 19.0 Å². The molecule has 2 aliphatic carbocycles. The number of aliphatic hydroxyl groups is 1. The van der Waals surface area contributed by atoms with Crippen molar-refractivity contribution in [3.8, 4) is 11.3 Å². The van der Waals surface area contributed by atoms with Gasteiger partial charge in [-0.25, -0.2) is 4.98 Å². The van der Waals surface area contributed by atoms with Crippen molar-refractivity contribution in [2.45, 2.75) is 57.2 Å². The minimum atomic E-state index is -4.39. The van der Waals surface area contributed by atoms with E-state index in [1.807, 2.05) is 18.2 Å². The van der Waals surface area contributed by atoms with Gasteiger partial charge in [-0.2, -0.15) is 18.2 Å². The van der Waals surface area contributed by atoms with E-state index in [0.717, 1.165) is 35.5 Å². The molecule has 1 fully saturated rings. The SMILES string of the molecule is OC1Cc2cccc(Nc3cc(-c4ccc(C(F)(F)F)cc4)nc(NCC4CCCCC4)n3)c2C1. The molecular weight excluding hydrogens is 453 g/mol. The lowest BCUT2D eigenvalue weighted by atomic mass is 9.89. The molecule has 1 unspecified atom stereocenters. The van der Waals surface area contributed by atoms with Crippen molar-refractivity contribution in [3.63, 3.8) is 0 Å². The van der Waals surface area contributed by atoms with Crippen molar-refractivity contribution >= 4 is 17.5 Å². The minimum absolute atomic E-state index is 0.395. The molecule has 2 aromatic carbocycles. The molecule has 1 saturated carbocycles. The Morgan fingerprint density at radius 1 is 0.943 bits per heavy atom. The predicted octanol–water partition coefficient (Wildman–Crippen LogP) is 6.36. The number of hydrogen-bond acceptors (Lipinski definition) is 5. The molecule has 2 aliphatic rings. The van der Waals surface area contributed by atoms with Gasteiger partial charge in [-0.1, -0.05) is 43.5 Å². The summed E-state index contributed by atoms with van der Waals surface area (Å²) < 4.78 is 39.1. The molecule has 3 aromatic rings. The Hall–Kier alpha value is -3.13. The number of nitrogens with one attached hydrogen (secondary N) is 2. The molecule has 8 heteroatoms. The second-order valence-corrected chi connectivity index (χ2v) is 9.55. The summed E-state index contributed by atoms with van der Waals surface area (Å²) >= 11 is 0. The van der Waals surface area contributed by atoms with Crippen LogP contribution in [0.1, 0.15) is 48.8 Å². The van der Waals surface area contributed by atoms with Gasteiger partial charge in [0, 0.05) is 30.3 Å². The quantitative estimate of drug-likeness (QED) is 0.382. The highest BCUT2D eigenvalue weighted by atomic mass is 19.4. The molecular formula is C27H29F3N4O. The molecule has 5 rings (SSSR count). The summed E-state index contributed by atoms with van der Waals surface area (Å²) in [6.07, 6.45) is 2.51. The number of rotatable bonds is 6. The number of benzene rings is 2. The van der Waals surface area contributed by atoms with Gasteiger partial charge >= 0.3 is 6.18 Å². The Balaban J connectivity index is 1.44. The summed E-state index contributed by atoms with van der Waals surface area (Å²) in [5, 5.41) is 16.8. The van der Waals surface area contributed by atoms with Crippen LogP contribution in [0.15, 0.2) is 48.5 Å². The number of alkyl halides is 3. The summed E-state index contributed by atoms with van der Waals surface area (Å²) in [5.41, 5.74) is 3.46. The van der Waals surface area contributed by atoms with Crippen LogP contribution in [0.5, 0.6) is 0 Å². The number of halogens is 3. The zero-order valence-electron chi connectivity index (χ0n) is 19.4. The van der Waals surface area contributed by atoms with Gasteiger partial charge in [0.25, 0.3) is 0 Å². The lowest BCUT2D eigenvalue weighted by molar-refractivity contribution is -0.137. The second kappa shape index (κ2) is 9.85. The molecule has 0 aliphatic heterocycles. The predicted molar refractivity (Wildman–Crippen MR) is 131 cm³/mol. The highest BCUT2D eigenvalue weighted by Crippen LogP contribution is 2.34. The molecule has 0 radical (unpaired) electrons. The first-order valence-electron chi connectivity index (χ1n) is 12.2. The van der Waals surface area contributed by atoms with E-state index in [1.54, 1.807) is 6.07 Å². The van der Waals surface area contributed by atoms with Crippen LogP contribution < -0.4 is 10.6 Å². The number of nitrogens with zero attached hydrogens (tertiary/aromatic N) is 2. The van der Waals surface area contributed by atoms with Gasteiger partial charge in [0.05, 0.1) is 17.4 Å². The molecule has 1 aromatic heterocycles. The van der Waals surface area contributed by atoms with Crippen molar-refractivity contribution in [1.29, 1.82) is 0 Å². The lowest BCUT2D eigenvalue weighted by Gasteiger charge is -2.22. The fourth-order valence-electron chi connectivity index (χ4n) is 5.08. The van der Waals surface area contributed by atoms with E-state index in [2.05, 4.69) is 20.6 Å². The summed E-state index contributed by atoms with van der Waals surface area (Å²) in [6.45, 7) is 0.767. The number of hydrogen-bond donors (Lipinski definition) is 3. The van der Waals surface area contributed by atoms with Crippen molar-refractivity contribution in [2.24, 2.45) is 5.92 Å². The summed E-state index contributed by atoms with van der Waals surface area (Å²) in [5.74, 6) is 1.57. The van der Waals surface area contributed by atoms with E-state index < -0.39 is 17.8 Å². The largest absolute Gasteiger partial charge is 0.416 e. The van der Waals surface area contributed by atoms with E-state index in [0.29, 0.717) is 41.8 Å². The van der Waals surface area contributed by atoms with Crippen LogP contribution in [0.25, 0.3) is 11.3 Å². The molecule has 0 bridgehead atoms. The summed E-state index contributed by atoms with van der Waals surface area (Å²) in [4.78, 5) is 9.29. The number of aromatic nitrogens is 2. The molecule has 0 amide bonds. The molecule has 5 nitrogen and oxygen atoms in total. The zero-order valence-corrected chi connectivity index (χ0v) is 19.4. The van der Waals surface area contributed by atoms with E-state index in [1.165, 1.54) is 44.2 Å². The van der Waals surface area contributed by atoms with Crippen molar-refractivity contribution < 1.29 is 18.3 Å². The molecule has 0 saturated heterocycles. The maximum atomic E-state index is 13.0. The van der Waals surface area contributed by atoms with Gasteiger partial charge in [0.15, 0.2) is 0 Å². The third-order valence-electron chi connectivity index (χ3n) is 6.94. The van der Waals surface area contributed by atoms with Crippen LogP contribution in [0.3, 0.4) is 0 Å². The van der Waals surface area contributed by atoms with E-state index in [9.17, 15) is 18.3 Å². The first kappa shape index (κ1) is 23.6. The molecule has 1 atom stereocenters. The molecule has 0 spiro atoms. The Morgan fingerprint density at radius 2 is 1.71 bits per heavy atom. The zero-order chi connectivity index (χ0) is 24.4. The Morgan fingerprint density at radius 3 is 2.46 bits per heavy atom. The average molecular weight is 483 g/mol. The first-order chi connectivity index (χ1) is 16.8. The van der Waals surface area contributed by atoms with Crippen LogP contribution >= 0.6 is 0 Å². The third kappa shape index (κ3) is 5.59. The first-order valence-corrected chi connectivity index (χ1v) is 12.2. The Labute approximate surface area is 202 Å². The van der Waals surface area contributed by atoms with E-state index >= 15 is 0 Å². The maximum absolute atomic E-state index is 13.0. The standard InChI is InChI=1S/C27H29F3N4O/c28-27(29,30)20-11-9-18(10-12-20)24-15-25(32-23-8-4-7-19-13-21(35)14-22(19)23)34-26(33-24)31-16-17-5-2-1-3-6-17/h4,7-12,15,17,21,35H,1-3,5-6,13-14,16H2,(H2,31,32,33,34). The topological polar surface area (TPSA) is 70.1 Å². The third-order valence-corrected chi connectivity index (χ3v) is 6.94. The van der Waals surface area contributed by atoms with Crippen molar-refractivity contribution in [2.75, 3.05) is 17.2 Å². The molecule has 35 heavy (non-hydrogen) atoms. The lowest BCUT2D eigenvalue weighted by Crippen LogP contribution is -2.18. The summed E-state index contributed by atoms with van der Waals surface area (Å²) in [7, 11) is 0. The second-order valence-electron chi connectivity index (χ2n) is 9.55. The molecule has 1 heterocycles. The number of anilines is 3. The van der Waals surface area contributed by atoms with Crippen LogP contribution in [-0.4, -0.2) is 27.7 Å². The van der Waals surface area contributed by atoms with Crippen LogP contribution in [0.4, 0.5) is 30.6 Å².